The lowest BCUT2D eigenvalue weighted by atomic mass is 10.1. The number of hydrogen-bond acceptors (Lipinski definition) is 2. The molecule has 0 bridgehead atoms. The van der Waals surface area contributed by atoms with E-state index in [1.165, 1.54) is 0 Å². The lowest BCUT2D eigenvalue weighted by molar-refractivity contribution is -0.138. The molecule has 1 saturated carbocycles. The average Bonchev–Trinajstić information content (AvgIpc) is 3.08. The van der Waals surface area contributed by atoms with Gasteiger partial charge in [-0.25, -0.2) is 0 Å². The highest BCUT2D eigenvalue weighted by Crippen LogP contribution is 2.47. The Labute approximate surface area is 92.7 Å². The average molecular weight is 213 g/mol. The number of nitrogens with zero attached hydrogens (tertiary/aromatic N) is 1. The van der Waals surface area contributed by atoms with Gasteiger partial charge in [0.1, 0.15) is 0 Å². The van der Waals surface area contributed by atoms with Crippen molar-refractivity contribution in [2.24, 2.45) is 5.92 Å². The Bertz CT molecular complexity index is 565. The van der Waals surface area contributed by atoms with E-state index in [2.05, 4.69) is 11.1 Å². The molecule has 0 unspecified atom stereocenters. The van der Waals surface area contributed by atoms with Crippen LogP contribution in [0.4, 0.5) is 0 Å². The molecule has 3 heteroatoms. The zero-order chi connectivity index (χ0) is 11.1. The second kappa shape index (κ2) is 3.30. The number of rotatable bonds is 2. The van der Waals surface area contributed by atoms with Crippen molar-refractivity contribution in [3.63, 3.8) is 0 Å². The van der Waals surface area contributed by atoms with E-state index in [4.69, 9.17) is 5.11 Å². The maximum absolute atomic E-state index is 10.8. The van der Waals surface area contributed by atoms with Gasteiger partial charge in [0, 0.05) is 11.6 Å². The number of pyridine rings is 1. The predicted octanol–water partition coefficient (Wildman–Crippen LogP) is 2.42. The van der Waals surface area contributed by atoms with Crippen molar-refractivity contribution in [1.82, 2.24) is 4.98 Å². The van der Waals surface area contributed by atoms with E-state index in [9.17, 15) is 4.79 Å². The lowest BCUT2D eigenvalue weighted by Gasteiger charge is -2.01. The number of aliphatic carboxylic acids is 1. The molecule has 1 aromatic carbocycles. The summed E-state index contributed by atoms with van der Waals surface area (Å²) in [6.07, 6.45) is 2.55. The first-order valence-corrected chi connectivity index (χ1v) is 5.33. The first-order chi connectivity index (χ1) is 7.75. The Hall–Kier alpha value is -1.90. The van der Waals surface area contributed by atoms with Crippen molar-refractivity contribution < 1.29 is 9.90 Å². The van der Waals surface area contributed by atoms with Gasteiger partial charge in [0.25, 0.3) is 0 Å². The molecule has 1 aromatic heterocycles. The zero-order valence-corrected chi connectivity index (χ0v) is 8.63. The third-order valence-electron chi connectivity index (χ3n) is 3.15. The lowest BCUT2D eigenvalue weighted by Crippen LogP contribution is -1.99. The molecule has 0 amide bonds. The summed E-state index contributed by atoms with van der Waals surface area (Å²) in [5.41, 5.74) is 2.00. The van der Waals surface area contributed by atoms with Crippen molar-refractivity contribution in [2.45, 2.75) is 12.3 Å². The number of hydrogen-bond donors (Lipinski definition) is 1. The monoisotopic (exact) mass is 213 g/mol. The van der Waals surface area contributed by atoms with Gasteiger partial charge >= 0.3 is 5.97 Å². The highest BCUT2D eigenvalue weighted by Gasteiger charge is 2.44. The minimum absolute atomic E-state index is 0.162. The molecule has 0 saturated heterocycles. The molecular weight excluding hydrogens is 202 g/mol. The van der Waals surface area contributed by atoms with Crippen molar-refractivity contribution in [1.29, 1.82) is 0 Å². The van der Waals surface area contributed by atoms with Gasteiger partial charge in [-0.2, -0.15) is 0 Å². The standard InChI is InChI=1S/C13H11NO2/c15-13(16)11-6-10(11)9-5-8-3-1-2-4-12(8)14-7-9/h1-5,7,10-11H,6H2,(H,15,16)/t10-,11+/m0/s1. The molecule has 80 valence electrons. The molecule has 0 radical (unpaired) electrons. The van der Waals surface area contributed by atoms with Crippen molar-refractivity contribution in [3.8, 4) is 0 Å². The maximum Gasteiger partial charge on any atom is 0.307 e. The van der Waals surface area contributed by atoms with Gasteiger partial charge in [-0.15, -0.1) is 0 Å². The first kappa shape index (κ1) is 9.33. The number of para-hydroxylation sites is 1. The summed E-state index contributed by atoms with van der Waals surface area (Å²) < 4.78 is 0. The fraction of sp³-hybridized carbons (Fsp3) is 0.231. The summed E-state index contributed by atoms with van der Waals surface area (Å²) >= 11 is 0. The summed E-state index contributed by atoms with van der Waals surface area (Å²) in [4.78, 5) is 15.1. The highest BCUT2D eigenvalue weighted by molar-refractivity contribution is 5.80. The smallest absolute Gasteiger partial charge is 0.307 e. The van der Waals surface area contributed by atoms with Gasteiger partial charge in [-0.3, -0.25) is 9.78 Å². The third-order valence-corrected chi connectivity index (χ3v) is 3.15. The molecule has 1 fully saturated rings. The Morgan fingerprint density at radius 1 is 1.38 bits per heavy atom. The molecule has 1 heterocycles. The number of aromatic nitrogens is 1. The maximum atomic E-state index is 10.8. The van der Waals surface area contributed by atoms with Crippen LogP contribution in [-0.2, 0) is 4.79 Å². The van der Waals surface area contributed by atoms with E-state index < -0.39 is 5.97 Å². The van der Waals surface area contributed by atoms with Gasteiger partial charge < -0.3 is 5.11 Å². The Morgan fingerprint density at radius 3 is 2.94 bits per heavy atom. The van der Waals surface area contributed by atoms with E-state index >= 15 is 0 Å². The third kappa shape index (κ3) is 1.45. The van der Waals surface area contributed by atoms with E-state index in [1.807, 2.05) is 24.3 Å². The topological polar surface area (TPSA) is 50.2 Å². The fourth-order valence-electron chi connectivity index (χ4n) is 2.13. The molecule has 3 nitrogen and oxygen atoms in total. The molecule has 2 aromatic rings. The quantitative estimate of drug-likeness (QED) is 0.833. The van der Waals surface area contributed by atoms with E-state index in [1.54, 1.807) is 6.20 Å². The molecule has 1 aliphatic rings. The van der Waals surface area contributed by atoms with Crippen molar-refractivity contribution in [2.75, 3.05) is 0 Å². The van der Waals surface area contributed by atoms with E-state index in [0.29, 0.717) is 0 Å². The zero-order valence-electron chi connectivity index (χ0n) is 8.63. The molecule has 0 aliphatic heterocycles. The molecule has 2 atom stereocenters. The van der Waals surface area contributed by atoms with E-state index in [0.717, 1.165) is 22.9 Å². The van der Waals surface area contributed by atoms with Crippen LogP contribution in [0.25, 0.3) is 10.9 Å². The SMILES string of the molecule is O=C(O)[C@@H]1C[C@H]1c1cnc2ccccc2c1. The summed E-state index contributed by atoms with van der Waals surface area (Å²) in [5.74, 6) is -0.740. The van der Waals surface area contributed by atoms with Crippen LogP contribution in [0.5, 0.6) is 0 Å². The van der Waals surface area contributed by atoms with Crippen LogP contribution < -0.4 is 0 Å². The van der Waals surface area contributed by atoms with Crippen LogP contribution in [0.2, 0.25) is 0 Å². The largest absolute Gasteiger partial charge is 0.481 e. The summed E-state index contributed by atoms with van der Waals surface area (Å²) in [6, 6.07) is 9.93. The van der Waals surface area contributed by atoms with Crippen LogP contribution in [0, 0.1) is 5.92 Å². The predicted molar refractivity (Wildman–Crippen MR) is 60.2 cm³/mol. The molecular formula is C13H11NO2. The fourth-order valence-corrected chi connectivity index (χ4v) is 2.13. The van der Waals surface area contributed by atoms with Crippen LogP contribution in [-0.4, -0.2) is 16.1 Å². The first-order valence-electron chi connectivity index (χ1n) is 5.33. The van der Waals surface area contributed by atoms with Crippen LogP contribution in [0.3, 0.4) is 0 Å². The summed E-state index contributed by atoms with van der Waals surface area (Å²) in [6.45, 7) is 0. The number of benzene rings is 1. The van der Waals surface area contributed by atoms with Gasteiger partial charge in [0.15, 0.2) is 0 Å². The summed E-state index contributed by atoms with van der Waals surface area (Å²) in [5, 5.41) is 9.96. The highest BCUT2D eigenvalue weighted by atomic mass is 16.4. The Morgan fingerprint density at radius 2 is 2.19 bits per heavy atom. The molecule has 1 aliphatic carbocycles. The summed E-state index contributed by atoms with van der Waals surface area (Å²) in [7, 11) is 0. The molecule has 3 rings (SSSR count). The van der Waals surface area contributed by atoms with E-state index in [-0.39, 0.29) is 11.8 Å². The Balaban J connectivity index is 1.98. The number of carboxylic acid groups (broad SMARTS) is 1. The number of carbonyl (C=O) groups is 1. The minimum Gasteiger partial charge on any atom is -0.481 e. The molecule has 1 N–H and O–H groups in total. The normalized spacial score (nSPS) is 23.2. The van der Waals surface area contributed by atoms with Crippen LogP contribution >= 0.6 is 0 Å². The van der Waals surface area contributed by atoms with Gasteiger partial charge in [0.05, 0.1) is 11.4 Å². The second-order valence-corrected chi connectivity index (χ2v) is 4.25. The number of carboxylic acids is 1. The van der Waals surface area contributed by atoms with Crippen molar-refractivity contribution >= 4 is 16.9 Å². The van der Waals surface area contributed by atoms with Gasteiger partial charge in [-0.05, 0) is 30.0 Å². The van der Waals surface area contributed by atoms with Crippen LogP contribution in [0.15, 0.2) is 36.5 Å². The van der Waals surface area contributed by atoms with Gasteiger partial charge in [-0.1, -0.05) is 18.2 Å². The molecule has 0 spiro atoms. The minimum atomic E-state index is -0.696. The number of fused-ring (bicyclic) bond motifs is 1. The van der Waals surface area contributed by atoms with Gasteiger partial charge in [0.2, 0.25) is 0 Å². The van der Waals surface area contributed by atoms with Crippen molar-refractivity contribution in [3.05, 3.63) is 42.1 Å². The second-order valence-electron chi connectivity index (χ2n) is 4.25. The molecule has 16 heavy (non-hydrogen) atoms. The van der Waals surface area contributed by atoms with Crippen LogP contribution in [0.1, 0.15) is 17.9 Å². The Kier molecular flexibility index (Phi) is 1.93.